The highest BCUT2D eigenvalue weighted by Gasteiger charge is 2.15. The first-order chi connectivity index (χ1) is 6.90. The van der Waals surface area contributed by atoms with Crippen LogP contribution in [0.2, 0.25) is 0 Å². The molecule has 2 heterocycles. The summed E-state index contributed by atoms with van der Waals surface area (Å²) in [7, 11) is 1.69. The molecule has 0 unspecified atom stereocenters. The monoisotopic (exact) mass is 195 g/mol. The molecule has 1 aromatic heterocycles. The average molecular weight is 195 g/mol. The van der Waals surface area contributed by atoms with Gasteiger partial charge in [-0.3, -0.25) is 0 Å². The molecule has 0 saturated carbocycles. The van der Waals surface area contributed by atoms with Gasteiger partial charge in [-0.25, -0.2) is 4.68 Å². The molecule has 1 saturated heterocycles. The lowest BCUT2D eigenvalue weighted by Gasteiger charge is -2.22. The van der Waals surface area contributed by atoms with Crippen molar-refractivity contribution in [3.8, 4) is 5.88 Å². The molecule has 0 amide bonds. The second kappa shape index (κ2) is 4.46. The summed E-state index contributed by atoms with van der Waals surface area (Å²) < 4.78 is 7.17. The number of nitrogens with one attached hydrogen (secondary N) is 1. The van der Waals surface area contributed by atoms with Gasteiger partial charge in [0.15, 0.2) is 0 Å². The Morgan fingerprint density at radius 2 is 2.36 bits per heavy atom. The molecule has 1 aliphatic heterocycles. The van der Waals surface area contributed by atoms with E-state index in [2.05, 4.69) is 10.4 Å². The Balaban J connectivity index is 1.95. The quantitative estimate of drug-likeness (QED) is 0.778. The maximum atomic E-state index is 5.21. The van der Waals surface area contributed by atoms with Crippen LogP contribution in [-0.2, 0) is 6.54 Å². The molecule has 0 atom stereocenters. The number of aromatic nitrogens is 2. The highest BCUT2D eigenvalue weighted by atomic mass is 16.5. The summed E-state index contributed by atoms with van der Waals surface area (Å²) >= 11 is 0. The summed E-state index contributed by atoms with van der Waals surface area (Å²) in [5.41, 5.74) is 0. The van der Waals surface area contributed by atoms with Crippen molar-refractivity contribution in [2.45, 2.75) is 19.4 Å². The van der Waals surface area contributed by atoms with E-state index in [0.717, 1.165) is 31.4 Å². The second-order valence-corrected chi connectivity index (χ2v) is 3.75. The van der Waals surface area contributed by atoms with E-state index in [1.165, 1.54) is 12.8 Å². The predicted octanol–water partition coefficient (Wildman–Crippen LogP) is 0.891. The van der Waals surface area contributed by atoms with E-state index in [0.29, 0.717) is 0 Å². The fourth-order valence-corrected chi connectivity index (χ4v) is 1.94. The minimum absolute atomic E-state index is 0.741. The molecule has 0 aromatic carbocycles. The Morgan fingerprint density at radius 1 is 1.57 bits per heavy atom. The lowest BCUT2D eigenvalue weighted by Crippen LogP contribution is -2.30. The Bertz CT molecular complexity index is 279. The van der Waals surface area contributed by atoms with Crippen LogP contribution in [0.25, 0.3) is 0 Å². The molecule has 4 nitrogen and oxygen atoms in total. The van der Waals surface area contributed by atoms with Crippen molar-refractivity contribution < 1.29 is 4.74 Å². The number of rotatable bonds is 3. The van der Waals surface area contributed by atoms with Gasteiger partial charge in [-0.2, -0.15) is 5.10 Å². The number of piperidine rings is 1. The Hall–Kier alpha value is -1.03. The molecule has 0 aliphatic carbocycles. The molecule has 4 heteroatoms. The highest BCUT2D eigenvalue weighted by Crippen LogP contribution is 2.17. The van der Waals surface area contributed by atoms with Crippen molar-refractivity contribution in [3.63, 3.8) is 0 Å². The van der Waals surface area contributed by atoms with Gasteiger partial charge in [0.1, 0.15) is 0 Å². The van der Waals surface area contributed by atoms with Crippen LogP contribution in [0.1, 0.15) is 12.8 Å². The van der Waals surface area contributed by atoms with Crippen molar-refractivity contribution >= 4 is 0 Å². The van der Waals surface area contributed by atoms with Crippen LogP contribution in [0.4, 0.5) is 0 Å². The number of hydrogen-bond acceptors (Lipinski definition) is 3. The smallest absolute Gasteiger partial charge is 0.211 e. The van der Waals surface area contributed by atoms with Crippen LogP contribution in [0, 0.1) is 5.92 Å². The Kier molecular flexibility index (Phi) is 3.03. The third-order valence-electron chi connectivity index (χ3n) is 2.78. The van der Waals surface area contributed by atoms with Crippen LogP contribution in [0.3, 0.4) is 0 Å². The zero-order valence-corrected chi connectivity index (χ0v) is 8.57. The highest BCUT2D eigenvalue weighted by molar-refractivity contribution is 5.07. The third kappa shape index (κ3) is 2.07. The van der Waals surface area contributed by atoms with Gasteiger partial charge in [0.25, 0.3) is 0 Å². The van der Waals surface area contributed by atoms with Gasteiger partial charge in [-0.15, -0.1) is 0 Å². The summed E-state index contributed by atoms with van der Waals surface area (Å²) in [5, 5.41) is 7.61. The fourth-order valence-electron chi connectivity index (χ4n) is 1.94. The van der Waals surface area contributed by atoms with Crippen LogP contribution < -0.4 is 10.1 Å². The molecular formula is C10H17N3O. The van der Waals surface area contributed by atoms with Gasteiger partial charge in [0.05, 0.1) is 13.3 Å². The van der Waals surface area contributed by atoms with Crippen LogP contribution in [0.5, 0.6) is 5.88 Å². The standard InChI is InChI=1S/C10H17N3O/c1-14-10-4-7-12-13(10)8-9-2-5-11-6-3-9/h4,7,9,11H,2-3,5-6,8H2,1H3. The number of methoxy groups -OCH3 is 1. The van der Waals surface area contributed by atoms with E-state index in [-0.39, 0.29) is 0 Å². The lowest BCUT2D eigenvalue weighted by atomic mass is 9.98. The van der Waals surface area contributed by atoms with Crippen molar-refractivity contribution in [3.05, 3.63) is 12.3 Å². The van der Waals surface area contributed by atoms with Crippen LogP contribution in [-0.4, -0.2) is 30.0 Å². The molecule has 0 bridgehead atoms. The Labute approximate surface area is 84.3 Å². The molecule has 78 valence electrons. The predicted molar refractivity (Wildman–Crippen MR) is 54.4 cm³/mol. The van der Waals surface area contributed by atoms with E-state index in [1.54, 1.807) is 13.3 Å². The van der Waals surface area contributed by atoms with Gasteiger partial charge in [-0.1, -0.05) is 0 Å². The summed E-state index contributed by atoms with van der Waals surface area (Å²) in [6, 6.07) is 1.90. The van der Waals surface area contributed by atoms with Crippen LogP contribution >= 0.6 is 0 Å². The maximum Gasteiger partial charge on any atom is 0.211 e. The molecule has 1 aliphatic rings. The average Bonchev–Trinajstić information content (AvgIpc) is 2.67. The molecule has 2 rings (SSSR count). The lowest BCUT2D eigenvalue weighted by molar-refractivity contribution is 0.290. The zero-order chi connectivity index (χ0) is 9.80. The van der Waals surface area contributed by atoms with E-state index in [4.69, 9.17) is 4.74 Å². The summed E-state index contributed by atoms with van der Waals surface area (Å²) in [4.78, 5) is 0. The van der Waals surface area contributed by atoms with Crippen molar-refractivity contribution in [2.75, 3.05) is 20.2 Å². The van der Waals surface area contributed by atoms with Crippen molar-refractivity contribution in [1.29, 1.82) is 0 Å². The largest absolute Gasteiger partial charge is 0.481 e. The number of ether oxygens (including phenoxy) is 1. The first-order valence-corrected chi connectivity index (χ1v) is 5.16. The SMILES string of the molecule is COc1ccnn1CC1CCNCC1. The summed E-state index contributed by atoms with van der Waals surface area (Å²) in [6.07, 6.45) is 4.27. The minimum atomic E-state index is 0.741. The van der Waals surface area contributed by atoms with Gasteiger partial charge in [0.2, 0.25) is 5.88 Å². The fraction of sp³-hybridized carbons (Fsp3) is 0.700. The first-order valence-electron chi connectivity index (χ1n) is 5.16. The van der Waals surface area contributed by atoms with E-state index in [1.807, 2.05) is 10.7 Å². The van der Waals surface area contributed by atoms with Gasteiger partial charge in [0, 0.05) is 12.6 Å². The van der Waals surface area contributed by atoms with E-state index >= 15 is 0 Å². The number of nitrogens with zero attached hydrogens (tertiary/aromatic N) is 2. The second-order valence-electron chi connectivity index (χ2n) is 3.75. The molecule has 14 heavy (non-hydrogen) atoms. The van der Waals surface area contributed by atoms with Crippen LogP contribution in [0.15, 0.2) is 12.3 Å². The molecular weight excluding hydrogens is 178 g/mol. The number of hydrogen-bond donors (Lipinski definition) is 1. The summed E-state index contributed by atoms with van der Waals surface area (Å²) in [5.74, 6) is 1.61. The topological polar surface area (TPSA) is 39.1 Å². The van der Waals surface area contributed by atoms with Gasteiger partial charge in [-0.05, 0) is 31.8 Å². The van der Waals surface area contributed by atoms with Gasteiger partial charge < -0.3 is 10.1 Å². The Morgan fingerprint density at radius 3 is 3.07 bits per heavy atom. The third-order valence-corrected chi connectivity index (χ3v) is 2.78. The molecule has 0 spiro atoms. The molecule has 0 radical (unpaired) electrons. The van der Waals surface area contributed by atoms with Crippen molar-refractivity contribution in [2.24, 2.45) is 5.92 Å². The van der Waals surface area contributed by atoms with E-state index < -0.39 is 0 Å². The van der Waals surface area contributed by atoms with Gasteiger partial charge >= 0.3 is 0 Å². The first kappa shape index (κ1) is 9.52. The minimum Gasteiger partial charge on any atom is -0.481 e. The normalized spacial score (nSPS) is 18.4. The zero-order valence-electron chi connectivity index (χ0n) is 8.57. The summed E-state index contributed by atoms with van der Waals surface area (Å²) in [6.45, 7) is 3.25. The van der Waals surface area contributed by atoms with Crippen molar-refractivity contribution in [1.82, 2.24) is 15.1 Å². The van der Waals surface area contributed by atoms with E-state index in [9.17, 15) is 0 Å². The maximum absolute atomic E-state index is 5.21. The molecule has 1 N–H and O–H groups in total. The molecule has 1 fully saturated rings. The molecule has 1 aromatic rings.